The molecule has 1 fully saturated rings. The molecular weight excluding hydrogens is 240 g/mol. The van der Waals surface area contributed by atoms with E-state index in [1.165, 1.54) is 6.33 Å². The lowest BCUT2D eigenvalue weighted by Crippen LogP contribution is -2.37. The Labute approximate surface area is 103 Å². The van der Waals surface area contributed by atoms with Gasteiger partial charge in [0.05, 0.1) is 5.92 Å². The van der Waals surface area contributed by atoms with E-state index in [0.29, 0.717) is 31.7 Å². The summed E-state index contributed by atoms with van der Waals surface area (Å²) in [5, 5.41) is 19.8. The van der Waals surface area contributed by atoms with Crippen molar-refractivity contribution in [1.29, 1.82) is 0 Å². The van der Waals surface area contributed by atoms with Gasteiger partial charge in [0.25, 0.3) is 0 Å². The monoisotopic (exact) mass is 254 g/mol. The molecule has 18 heavy (non-hydrogen) atoms. The van der Waals surface area contributed by atoms with E-state index in [1.807, 2.05) is 4.90 Å². The number of hydrogen-bond acceptors (Lipinski definition) is 5. The van der Waals surface area contributed by atoms with Crippen LogP contribution in [0.15, 0.2) is 6.33 Å². The van der Waals surface area contributed by atoms with Crippen molar-refractivity contribution < 1.29 is 14.8 Å². The normalized spacial score (nSPS) is 16.8. The van der Waals surface area contributed by atoms with E-state index in [0.717, 1.165) is 0 Å². The standard InChI is InChI=1S/C10H14N4O4/c1-12-6-11-8(14(17)18)9(12)13-4-2-7(3-5-13)10(15)16/h6-7H,2-5H2,1H3,(H,15,16). The van der Waals surface area contributed by atoms with E-state index in [2.05, 4.69) is 4.98 Å². The van der Waals surface area contributed by atoms with Gasteiger partial charge in [0.15, 0.2) is 0 Å². The highest BCUT2D eigenvalue weighted by Gasteiger charge is 2.31. The van der Waals surface area contributed by atoms with Crippen LogP contribution in [0.4, 0.5) is 11.6 Å². The zero-order valence-corrected chi connectivity index (χ0v) is 9.94. The second-order valence-corrected chi connectivity index (χ2v) is 4.36. The van der Waals surface area contributed by atoms with Crippen molar-refractivity contribution in [2.24, 2.45) is 13.0 Å². The fourth-order valence-electron chi connectivity index (χ4n) is 2.24. The Kier molecular flexibility index (Phi) is 3.17. The molecule has 98 valence electrons. The number of anilines is 1. The first-order valence-corrected chi connectivity index (χ1v) is 5.64. The number of imidazole rings is 1. The number of carboxylic acid groups (broad SMARTS) is 1. The van der Waals surface area contributed by atoms with Gasteiger partial charge in [0, 0.05) is 20.1 Å². The first kappa shape index (κ1) is 12.3. The molecule has 1 saturated heterocycles. The summed E-state index contributed by atoms with van der Waals surface area (Å²) >= 11 is 0. The van der Waals surface area contributed by atoms with Gasteiger partial charge in [0.1, 0.15) is 0 Å². The van der Waals surface area contributed by atoms with Crippen molar-refractivity contribution in [3.63, 3.8) is 0 Å². The summed E-state index contributed by atoms with van der Waals surface area (Å²) in [6, 6.07) is 0. The van der Waals surface area contributed by atoms with Crippen LogP contribution in [-0.4, -0.2) is 38.6 Å². The highest BCUT2D eigenvalue weighted by Crippen LogP contribution is 2.29. The van der Waals surface area contributed by atoms with Gasteiger partial charge in [-0.05, 0) is 22.7 Å². The van der Waals surface area contributed by atoms with Crippen LogP contribution in [0.5, 0.6) is 0 Å². The summed E-state index contributed by atoms with van der Waals surface area (Å²) < 4.78 is 1.60. The fourth-order valence-corrected chi connectivity index (χ4v) is 2.24. The summed E-state index contributed by atoms with van der Waals surface area (Å²) in [6.45, 7) is 0.995. The smallest absolute Gasteiger partial charge is 0.406 e. The SMILES string of the molecule is Cn1cnc([N+](=O)[O-])c1N1CCC(C(=O)O)CC1. The lowest BCUT2D eigenvalue weighted by atomic mass is 9.97. The van der Waals surface area contributed by atoms with Gasteiger partial charge in [-0.25, -0.2) is 0 Å². The Morgan fingerprint density at radius 3 is 2.67 bits per heavy atom. The minimum atomic E-state index is -0.797. The molecule has 0 amide bonds. The predicted molar refractivity (Wildman–Crippen MR) is 62.4 cm³/mol. The van der Waals surface area contributed by atoms with Gasteiger partial charge in [0.2, 0.25) is 12.1 Å². The van der Waals surface area contributed by atoms with E-state index in [-0.39, 0.29) is 11.7 Å². The van der Waals surface area contributed by atoms with Crippen LogP contribution >= 0.6 is 0 Å². The van der Waals surface area contributed by atoms with Crippen LogP contribution in [0.2, 0.25) is 0 Å². The number of carboxylic acids is 1. The molecule has 0 atom stereocenters. The molecule has 1 aromatic rings. The molecule has 1 N–H and O–H groups in total. The second kappa shape index (κ2) is 4.63. The number of aromatic nitrogens is 2. The zero-order valence-electron chi connectivity index (χ0n) is 9.94. The summed E-state index contributed by atoms with van der Waals surface area (Å²) in [5.41, 5.74) is 0. The largest absolute Gasteiger partial charge is 0.481 e. The average molecular weight is 254 g/mol. The molecule has 1 aromatic heterocycles. The molecule has 0 radical (unpaired) electrons. The van der Waals surface area contributed by atoms with E-state index in [9.17, 15) is 14.9 Å². The third kappa shape index (κ3) is 2.13. The Morgan fingerprint density at radius 1 is 1.56 bits per heavy atom. The number of nitro groups is 1. The number of piperidine rings is 1. The molecule has 0 aliphatic carbocycles. The first-order chi connectivity index (χ1) is 8.50. The van der Waals surface area contributed by atoms with Gasteiger partial charge in [-0.15, -0.1) is 0 Å². The third-order valence-corrected chi connectivity index (χ3v) is 3.20. The summed E-state index contributed by atoms with van der Waals surface area (Å²) in [5.74, 6) is -0.877. The van der Waals surface area contributed by atoms with Gasteiger partial charge < -0.3 is 20.1 Å². The molecule has 8 heteroatoms. The Hall–Kier alpha value is -2.12. The molecule has 0 unspecified atom stereocenters. The molecule has 1 aliphatic heterocycles. The van der Waals surface area contributed by atoms with Gasteiger partial charge >= 0.3 is 11.8 Å². The van der Waals surface area contributed by atoms with Gasteiger partial charge in [-0.2, -0.15) is 0 Å². The Morgan fingerprint density at radius 2 is 2.17 bits per heavy atom. The van der Waals surface area contributed by atoms with Crippen molar-refractivity contribution in [3.8, 4) is 0 Å². The average Bonchev–Trinajstić information content (AvgIpc) is 2.71. The molecule has 2 rings (SSSR count). The highest BCUT2D eigenvalue weighted by molar-refractivity contribution is 5.70. The van der Waals surface area contributed by atoms with Crippen molar-refractivity contribution in [2.75, 3.05) is 18.0 Å². The van der Waals surface area contributed by atoms with E-state index in [4.69, 9.17) is 5.11 Å². The minimum Gasteiger partial charge on any atom is -0.481 e. The minimum absolute atomic E-state index is 0.175. The molecular formula is C10H14N4O4. The maximum Gasteiger partial charge on any atom is 0.406 e. The highest BCUT2D eigenvalue weighted by atomic mass is 16.6. The van der Waals surface area contributed by atoms with Crippen molar-refractivity contribution in [3.05, 3.63) is 16.4 Å². The number of aliphatic carboxylic acids is 1. The number of rotatable bonds is 3. The fraction of sp³-hybridized carbons (Fsp3) is 0.600. The molecule has 0 spiro atoms. The predicted octanol–water partition coefficient (Wildman–Crippen LogP) is 0.629. The molecule has 2 heterocycles. The van der Waals surface area contributed by atoms with Crippen molar-refractivity contribution in [1.82, 2.24) is 9.55 Å². The van der Waals surface area contributed by atoms with Crippen LogP contribution < -0.4 is 4.90 Å². The van der Waals surface area contributed by atoms with Gasteiger partial charge in [-0.1, -0.05) is 0 Å². The Bertz CT molecular complexity index is 476. The number of hydrogen-bond donors (Lipinski definition) is 1. The van der Waals surface area contributed by atoms with Crippen LogP contribution in [0, 0.1) is 16.0 Å². The molecule has 0 bridgehead atoms. The molecule has 0 saturated carbocycles. The third-order valence-electron chi connectivity index (χ3n) is 3.20. The van der Waals surface area contributed by atoms with Crippen LogP contribution in [0.3, 0.4) is 0 Å². The van der Waals surface area contributed by atoms with Crippen LogP contribution in [0.1, 0.15) is 12.8 Å². The molecule has 8 nitrogen and oxygen atoms in total. The second-order valence-electron chi connectivity index (χ2n) is 4.36. The zero-order chi connectivity index (χ0) is 13.3. The van der Waals surface area contributed by atoms with E-state index in [1.54, 1.807) is 11.6 Å². The summed E-state index contributed by atoms with van der Waals surface area (Å²) in [4.78, 5) is 26.8. The number of nitrogens with zero attached hydrogens (tertiary/aromatic N) is 4. The summed E-state index contributed by atoms with van der Waals surface area (Å²) in [6.07, 6.45) is 2.39. The van der Waals surface area contributed by atoms with Gasteiger partial charge in [-0.3, -0.25) is 9.36 Å². The van der Waals surface area contributed by atoms with Crippen LogP contribution in [0.25, 0.3) is 0 Å². The lowest BCUT2D eigenvalue weighted by Gasteiger charge is -2.30. The van der Waals surface area contributed by atoms with E-state index < -0.39 is 10.9 Å². The quantitative estimate of drug-likeness (QED) is 0.627. The maximum atomic E-state index is 10.9. The maximum absolute atomic E-state index is 10.9. The Balaban J connectivity index is 2.17. The molecule has 0 aromatic carbocycles. The van der Waals surface area contributed by atoms with E-state index >= 15 is 0 Å². The number of aryl methyl sites for hydroxylation is 1. The first-order valence-electron chi connectivity index (χ1n) is 5.64. The molecule has 1 aliphatic rings. The van der Waals surface area contributed by atoms with Crippen LogP contribution in [-0.2, 0) is 11.8 Å². The lowest BCUT2D eigenvalue weighted by molar-refractivity contribution is -0.388. The summed E-state index contributed by atoms with van der Waals surface area (Å²) in [7, 11) is 1.69. The van der Waals surface area contributed by atoms with Crippen molar-refractivity contribution >= 4 is 17.6 Å². The van der Waals surface area contributed by atoms with Crippen molar-refractivity contribution in [2.45, 2.75) is 12.8 Å². The number of carbonyl (C=O) groups is 1. The topological polar surface area (TPSA) is 101 Å².